The SMILES string of the molecule is Cc1cc(NC(=O)N2CCc3c(nnn3-c3ccccc3)C2)ccc1N1CCN(C)CC1. The number of urea groups is 1. The monoisotopic (exact) mass is 431 g/mol. The van der Waals surface area contributed by atoms with Gasteiger partial charge in [-0.25, -0.2) is 9.48 Å². The van der Waals surface area contributed by atoms with Crippen molar-refractivity contribution >= 4 is 17.4 Å². The lowest BCUT2D eigenvalue weighted by Gasteiger charge is -2.35. The molecular formula is C24H29N7O. The fraction of sp³-hybridized carbons (Fsp3) is 0.375. The quantitative estimate of drug-likeness (QED) is 0.691. The van der Waals surface area contributed by atoms with Gasteiger partial charge in [0.05, 0.1) is 17.9 Å². The lowest BCUT2D eigenvalue weighted by atomic mass is 10.1. The molecule has 32 heavy (non-hydrogen) atoms. The van der Waals surface area contributed by atoms with Crippen LogP contribution in [0.1, 0.15) is 17.0 Å². The molecule has 3 heterocycles. The first-order chi connectivity index (χ1) is 15.6. The van der Waals surface area contributed by atoms with Crippen LogP contribution < -0.4 is 10.2 Å². The molecule has 1 N–H and O–H groups in total. The third-order valence-corrected chi connectivity index (χ3v) is 6.38. The summed E-state index contributed by atoms with van der Waals surface area (Å²) in [5.41, 5.74) is 6.18. The van der Waals surface area contributed by atoms with Crippen LogP contribution >= 0.6 is 0 Å². The summed E-state index contributed by atoms with van der Waals surface area (Å²) in [6, 6.07) is 16.1. The zero-order chi connectivity index (χ0) is 22.1. The Morgan fingerprint density at radius 3 is 2.53 bits per heavy atom. The topological polar surface area (TPSA) is 69.5 Å². The highest BCUT2D eigenvalue weighted by Gasteiger charge is 2.26. The van der Waals surface area contributed by atoms with Crippen LogP contribution in [-0.4, -0.2) is 70.6 Å². The zero-order valence-corrected chi connectivity index (χ0v) is 18.7. The molecule has 1 saturated heterocycles. The van der Waals surface area contributed by atoms with Crippen LogP contribution in [0.15, 0.2) is 48.5 Å². The molecular weight excluding hydrogens is 402 g/mol. The number of aryl methyl sites for hydroxylation is 1. The van der Waals surface area contributed by atoms with E-state index in [1.165, 1.54) is 11.3 Å². The number of likely N-dealkylation sites (N-methyl/N-ethyl adjacent to an activating group) is 1. The molecule has 166 valence electrons. The van der Waals surface area contributed by atoms with Gasteiger partial charge in [-0.05, 0) is 49.9 Å². The van der Waals surface area contributed by atoms with Gasteiger partial charge in [-0.2, -0.15) is 0 Å². The van der Waals surface area contributed by atoms with E-state index in [0.717, 1.165) is 55.4 Å². The van der Waals surface area contributed by atoms with Crippen molar-refractivity contribution in [1.82, 2.24) is 24.8 Å². The Balaban J connectivity index is 1.24. The van der Waals surface area contributed by atoms with Crippen LogP contribution in [0.4, 0.5) is 16.2 Å². The van der Waals surface area contributed by atoms with Gasteiger partial charge in [0, 0.05) is 50.5 Å². The molecule has 1 aromatic heterocycles. The first kappa shape index (κ1) is 20.5. The summed E-state index contributed by atoms with van der Waals surface area (Å²) in [7, 11) is 2.16. The Kier molecular flexibility index (Phi) is 5.53. The molecule has 5 rings (SSSR count). The third kappa shape index (κ3) is 4.05. The maximum absolute atomic E-state index is 12.9. The minimum absolute atomic E-state index is 0.100. The Morgan fingerprint density at radius 2 is 1.78 bits per heavy atom. The minimum Gasteiger partial charge on any atom is -0.369 e. The normalized spacial score (nSPS) is 16.7. The van der Waals surface area contributed by atoms with E-state index in [1.54, 1.807) is 4.90 Å². The summed E-state index contributed by atoms with van der Waals surface area (Å²) < 4.78 is 1.88. The van der Waals surface area contributed by atoms with Crippen molar-refractivity contribution in [3.8, 4) is 5.69 Å². The number of piperazine rings is 1. The number of rotatable bonds is 3. The Morgan fingerprint density at radius 1 is 1.00 bits per heavy atom. The lowest BCUT2D eigenvalue weighted by molar-refractivity contribution is 0.205. The zero-order valence-electron chi connectivity index (χ0n) is 18.7. The summed E-state index contributed by atoms with van der Waals surface area (Å²) >= 11 is 0. The highest BCUT2D eigenvalue weighted by Crippen LogP contribution is 2.26. The van der Waals surface area contributed by atoms with Crippen molar-refractivity contribution in [3.05, 3.63) is 65.5 Å². The van der Waals surface area contributed by atoms with Gasteiger partial charge < -0.3 is 20.0 Å². The van der Waals surface area contributed by atoms with E-state index in [9.17, 15) is 4.79 Å². The first-order valence-electron chi connectivity index (χ1n) is 11.2. The third-order valence-electron chi connectivity index (χ3n) is 6.38. The summed E-state index contributed by atoms with van der Waals surface area (Å²) in [6.07, 6.45) is 0.728. The Hall–Kier alpha value is -3.39. The second kappa shape index (κ2) is 8.63. The molecule has 2 aliphatic heterocycles. The van der Waals surface area contributed by atoms with Crippen LogP contribution in [0.3, 0.4) is 0 Å². The maximum atomic E-state index is 12.9. The van der Waals surface area contributed by atoms with Gasteiger partial charge in [-0.3, -0.25) is 0 Å². The molecule has 0 unspecified atom stereocenters. The van der Waals surface area contributed by atoms with E-state index < -0.39 is 0 Å². The molecule has 3 aromatic rings. The smallest absolute Gasteiger partial charge is 0.322 e. The number of hydrogen-bond donors (Lipinski definition) is 1. The molecule has 0 spiro atoms. The predicted molar refractivity (Wildman–Crippen MR) is 125 cm³/mol. The van der Waals surface area contributed by atoms with Gasteiger partial charge in [0.25, 0.3) is 0 Å². The number of hydrogen-bond acceptors (Lipinski definition) is 5. The number of para-hydroxylation sites is 1. The predicted octanol–water partition coefficient (Wildman–Crippen LogP) is 2.92. The number of amides is 2. The molecule has 0 radical (unpaired) electrons. The molecule has 2 aromatic carbocycles. The van der Waals surface area contributed by atoms with E-state index in [1.807, 2.05) is 41.1 Å². The van der Waals surface area contributed by atoms with Crippen molar-refractivity contribution in [1.29, 1.82) is 0 Å². The van der Waals surface area contributed by atoms with Crippen molar-refractivity contribution in [2.45, 2.75) is 19.9 Å². The maximum Gasteiger partial charge on any atom is 0.322 e. The first-order valence-corrected chi connectivity index (χ1v) is 11.2. The fourth-order valence-corrected chi connectivity index (χ4v) is 4.49. The van der Waals surface area contributed by atoms with Crippen LogP contribution in [0, 0.1) is 6.92 Å². The van der Waals surface area contributed by atoms with Crippen molar-refractivity contribution in [2.75, 3.05) is 50.0 Å². The summed E-state index contributed by atoms with van der Waals surface area (Å²) in [6.45, 7) is 7.42. The van der Waals surface area contributed by atoms with E-state index in [4.69, 9.17) is 0 Å². The molecule has 8 heteroatoms. The molecule has 0 saturated carbocycles. The van der Waals surface area contributed by atoms with Crippen LogP contribution in [0.25, 0.3) is 5.69 Å². The fourth-order valence-electron chi connectivity index (χ4n) is 4.49. The van der Waals surface area contributed by atoms with Crippen molar-refractivity contribution < 1.29 is 4.79 Å². The van der Waals surface area contributed by atoms with Crippen LogP contribution in [0.2, 0.25) is 0 Å². The largest absolute Gasteiger partial charge is 0.369 e. The summed E-state index contributed by atoms with van der Waals surface area (Å²) in [5.74, 6) is 0. The molecule has 0 atom stereocenters. The van der Waals surface area contributed by atoms with E-state index in [2.05, 4.69) is 51.5 Å². The molecule has 0 bridgehead atoms. The number of carbonyl (C=O) groups is 1. The summed E-state index contributed by atoms with van der Waals surface area (Å²) in [4.78, 5) is 19.5. The van der Waals surface area contributed by atoms with Gasteiger partial charge in [-0.1, -0.05) is 23.4 Å². The highest BCUT2D eigenvalue weighted by molar-refractivity contribution is 5.90. The lowest BCUT2D eigenvalue weighted by Crippen LogP contribution is -2.44. The standard InChI is InChI=1S/C24H29N7O/c1-18-16-19(8-9-22(18)29-14-12-28(2)13-15-29)25-24(32)30-11-10-23-21(17-30)26-27-31(23)20-6-4-3-5-7-20/h3-9,16H,10-15,17H2,1-2H3,(H,25,32). The van der Waals surface area contributed by atoms with Gasteiger partial charge >= 0.3 is 6.03 Å². The molecule has 1 fully saturated rings. The van der Waals surface area contributed by atoms with Gasteiger partial charge in [0.1, 0.15) is 5.69 Å². The minimum atomic E-state index is -0.100. The number of nitrogens with one attached hydrogen (secondary N) is 1. The Labute approximate surface area is 188 Å². The average molecular weight is 432 g/mol. The average Bonchev–Trinajstić information content (AvgIpc) is 3.24. The van der Waals surface area contributed by atoms with Crippen molar-refractivity contribution in [2.24, 2.45) is 0 Å². The number of carbonyl (C=O) groups excluding carboxylic acids is 1. The van der Waals surface area contributed by atoms with Crippen molar-refractivity contribution in [3.63, 3.8) is 0 Å². The van der Waals surface area contributed by atoms with Crippen LogP contribution in [0.5, 0.6) is 0 Å². The van der Waals surface area contributed by atoms with Gasteiger partial charge in [0.2, 0.25) is 0 Å². The van der Waals surface area contributed by atoms with Gasteiger partial charge in [0.15, 0.2) is 0 Å². The van der Waals surface area contributed by atoms with E-state index in [-0.39, 0.29) is 6.03 Å². The molecule has 0 aliphatic carbocycles. The van der Waals surface area contributed by atoms with Gasteiger partial charge in [-0.15, -0.1) is 5.10 Å². The second-order valence-electron chi connectivity index (χ2n) is 8.62. The van der Waals surface area contributed by atoms with E-state index >= 15 is 0 Å². The number of fused-ring (bicyclic) bond motifs is 1. The van der Waals surface area contributed by atoms with E-state index in [0.29, 0.717) is 13.1 Å². The Bertz CT molecular complexity index is 1100. The molecule has 2 amide bonds. The molecule has 2 aliphatic rings. The number of anilines is 2. The number of benzene rings is 2. The molecule has 8 nitrogen and oxygen atoms in total. The highest BCUT2D eigenvalue weighted by atomic mass is 16.2. The number of aromatic nitrogens is 3. The second-order valence-corrected chi connectivity index (χ2v) is 8.62. The number of nitrogens with zero attached hydrogens (tertiary/aromatic N) is 6. The van der Waals surface area contributed by atoms with Crippen LogP contribution in [-0.2, 0) is 13.0 Å². The summed E-state index contributed by atoms with van der Waals surface area (Å²) in [5, 5.41) is 11.7.